The number of hydrogen-bond acceptors (Lipinski definition) is 2. The second-order valence-electron chi connectivity index (χ2n) is 12.8. The normalized spacial score (nSPS) is 46.7. The van der Waals surface area contributed by atoms with Crippen LogP contribution in [0.2, 0.25) is 0 Å². The monoisotopic (exact) mass is 417 g/mol. The number of hydrogen-bond donors (Lipinski definition) is 0. The van der Waals surface area contributed by atoms with Gasteiger partial charge in [0.1, 0.15) is 0 Å². The van der Waals surface area contributed by atoms with Crippen molar-refractivity contribution in [2.75, 3.05) is 0 Å². The highest BCUT2D eigenvalue weighted by atomic mass is 16.6. The molecule has 0 bridgehead atoms. The Labute approximate surface area is 185 Å². The zero-order valence-corrected chi connectivity index (χ0v) is 20.4. The summed E-state index contributed by atoms with van der Waals surface area (Å²) in [6.45, 7) is 12.4. The molecule has 3 heteroatoms. The van der Waals surface area contributed by atoms with Crippen LogP contribution in [-0.4, -0.2) is 11.0 Å². The van der Waals surface area contributed by atoms with E-state index in [2.05, 4.69) is 34.6 Å². The Bertz CT molecular complexity index is 632. The molecule has 0 aromatic carbocycles. The maximum atomic E-state index is 11.8. The molecule has 9 atom stereocenters. The molecule has 0 aromatic heterocycles. The smallest absolute Gasteiger partial charge is 0.216 e. The standard InChI is InChI=1S/C27H47NO2/c1-18(2)8-6-9-19(3)21-13-14-22-20-11-12-24-25(28(29)30)10-7-16-26(24,4)23(20)15-17-27(21,22)5/h18-25H,6-17H2,1-5H3/t19-,20?,21?,22?,23?,24+,25?,26?,27?/m1/s1. The molecule has 4 saturated carbocycles. The van der Waals surface area contributed by atoms with Gasteiger partial charge in [0.15, 0.2) is 0 Å². The first-order chi connectivity index (χ1) is 14.2. The van der Waals surface area contributed by atoms with Crippen molar-refractivity contribution in [2.45, 2.75) is 118 Å². The van der Waals surface area contributed by atoms with Crippen molar-refractivity contribution >= 4 is 0 Å². The molecular weight excluding hydrogens is 370 g/mol. The van der Waals surface area contributed by atoms with Gasteiger partial charge in [0.25, 0.3) is 0 Å². The van der Waals surface area contributed by atoms with Gasteiger partial charge in [-0.2, -0.15) is 0 Å². The van der Waals surface area contributed by atoms with Gasteiger partial charge in [-0.15, -0.1) is 0 Å². The lowest BCUT2D eigenvalue weighted by Crippen LogP contribution is -2.56. The molecule has 4 aliphatic carbocycles. The van der Waals surface area contributed by atoms with Crippen LogP contribution in [0.1, 0.15) is 112 Å². The predicted molar refractivity (Wildman–Crippen MR) is 124 cm³/mol. The lowest BCUT2D eigenvalue weighted by Gasteiger charge is -2.60. The summed E-state index contributed by atoms with van der Waals surface area (Å²) in [5.74, 6) is 5.38. The van der Waals surface area contributed by atoms with E-state index in [1.165, 1.54) is 57.8 Å². The van der Waals surface area contributed by atoms with Crippen LogP contribution >= 0.6 is 0 Å². The Kier molecular flexibility index (Phi) is 6.32. The van der Waals surface area contributed by atoms with E-state index < -0.39 is 0 Å². The summed E-state index contributed by atoms with van der Waals surface area (Å²) < 4.78 is 0. The van der Waals surface area contributed by atoms with E-state index in [4.69, 9.17) is 0 Å². The molecule has 172 valence electrons. The zero-order chi connectivity index (χ0) is 21.7. The van der Waals surface area contributed by atoms with Crippen molar-refractivity contribution in [2.24, 2.45) is 52.3 Å². The van der Waals surface area contributed by atoms with E-state index in [0.717, 1.165) is 54.8 Å². The van der Waals surface area contributed by atoms with Crippen LogP contribution in [0.3, 0.4) is 0 Å². The summed E-state index contributed by atoms with van der Waals surface area (Å²) >= 11 is 0. The first-order valence-electron chi connectivity index (χ1n) is 13.3. The SMILES string of the molecule is CC(C)CCC[C@@H](C)C1CCC2C3CC[C@H]4C([N+](=O)[O-])CCCC4(C)C3CCC21C. The fraction of sp³-hybridized carbons (Fsp3) is 1.00. The van der Waals surface area contributed by atoms with Crippen LogP contribution in [0.25, 0.3) is 0 Å². The Balaban J connectivity index is 1.49. The molecule has 4 rings (SSSR count). The van der Waals surface area contributed by atoms with Gasteiger partial charge >= 0.3 is 0 Å². The first-order valence-corrected chi connectivity index (χ1v) is 13.3. The van der Waals surface area contributed by atoms with Crippen molar-refractivity contribution in [1.29, 1.82) is 0 Å². The third-order valence-electron chi connectivity index (χ3n) is 11.1. The molecule has 0 aliphatic heterocycles. The Morgan fingerprint density at radius 2 is 1.57 bits per heavy atom. The third kappa shape index (κ3) is 3.64. The molecule has 4 fully saturated rings. The van der Waals surface area contributed by atoms with E-state index in [9.17, 15) is 10.1 Å². The van der Waals surface area contributed by atoms with Crippen molar-refractivity contribution in [1.82, 2.24) is 0 Å². The Morgan fingerprint density at radius 1 is 0.867 bits per heavy atom. The summed E-state index contributed by atoms with van der Waals surface area (Å²) in [7, 11) is 0. The predicted octanol–water partition coefficient (Wildman–Crippen LogP) is 7.75. The minimum Gasteiger partial charge on any atom is -0.264 e. The molecule has 0 radical (unpaired) electrons. The molecule has 4 aliphatic rings. The average molecular weight is 418 g/mol. The maximum Gasteiger partial charge on any atom is 0.216 e. The van der Waals surface area contributed by atoms with Crippen molar-refractivity contribution in [3.63, 3.8) is 0 Å². The zero-order valence-electron chi connectivity index (χ0n) is 20.4. The van der Waals surface area contributed by atoms with E-state index in [-0.39, 0.29) is 16.4 Å². The van der Waals surface area contributed by atoms with Gasteiger partial charge in [-0.1, -0.05) is 53.9 Å². The first kappa shape index (κ1) is 22.6. The number of fused-ring (bicyclic) bond motifs is 5. The summed E-state index contributed by atoms with van der Waals surface area (Å²) in [6.07, 6.45) is 15.3. The van der Waals surface area contributed by atoms with Crippen molar-refractivity contribution in [3.8, 4) is 0 Å². The van der Waals surface area contributed by atoms with Crippen LogP contribution in [0.5, 0.6) is 0 Å². The molecule has 0 spiro atoms. The highest BCUT2D eigenvalue weighted by Crippen LogP contribution is 2.68. The Hall–Kier alpha value is -0.600. The molecule has 7 unspecified atom stereocenters. The van der Waals surface area contributed by atoms with Gasteiger partial charge in [-0.25, -0.2) is 0 Å². The van der Waals surface area contributed by atoms with Crippen LogP contribution in [-0.2, 0) is 0 Å². The lowest BCUT2D eigenvalue weighted by molar-refractivity contribution is -0.543. The van der Waals surface area contributed by atoms with Crippen LogP contribution in [0.15, 0.2) is 0 Å². The van der Waals surface area contributed by atoms with Crippen LogP contribution in [0, 0.1) is 62.4 Å². The van der Waals surface area contributed by atoms with E-state index in [1.807, 2.05) is 0 Å². The molecule has 0 aromatic rings. The molecule has 0 N–H and O–H groups in total. The van der Waals surface area contributed by atoms with Gasteiger partial charge in [-0.05, 0) is 97.7 Å². The van der Waals surface area contributed by atoms with Crippen LogP contribution in [0.4, 0.5) is 0 Å². The summed E-state index contributed by atoms with van der Waals surface area (Å²) in [5, 5.41) is 11.8. The fourth-order valence-corrected chi connectivity index (χ4v) is 9.66. The van der Waals surface area contributed by atoms with Gasteiger partial charge in [0.05, 0.1) is 0 Å². The van der Waals surface area contributed by atoms with E-state index in [0.29, 0.717) is 11.3 Å². The quantitative estimate of drug-likeness (QED) is 0.327. The summed E-state index contributed by atoms with van der Waals surface area (Å²) in [5.41, 5.74) is 0.750. The van der Waals surface area contributed by atoms with E-state index >= 15 is 0 Å². The van der Waals surface area contributed by atoms with E-state index in [1.54, 1.807) is 0 Å². The fourth-order valence-electron chi connectivity index (χ4n) is 9.66. The largest absolute Gasteiger partial charge is 0.264 e. The average Bonchev–Trinajstić information content (AvgIpc) is 3.03. The van der Waals surface area contributed by atoms with Crippen LogP contribution < -0.4 is 0 Å². The molecule has 0 amide bonds. The molecule has 30 heavy (non-hydrogen) atoms. The second kappa shape index (κ2) is 8.39. The highest BCUT2D eigenvalue weighted by Gasteiger charge is 2.62. The number of nitro groups is 1. The molecule has 3 nitrogen and oxygen atoms in total. The number of nitrogens with zero attached hydrogens (tertiary/aromatic N) is 1. The maximum absolute atomic E-state index is 11.8. The van der Waals surface area contributed by atoms with Gasteiger partial charge in [0, 0.05) is 17.3 Å². The molecule has 0 saturated heterocycles. The summed E-state index contributed by atoms with van der Waals surface area (Å²) in [6, 6.07) is -0.268. The minimum absolute atomic E-state index is 0.0831. The molecular formula is C27H47NO2. The highest BCUT2D eigenvalue weighted by molar-refractivity contribution is 5.10. The Morgan fingerprint density at radius 3 is 2.27 bits per heavy atom. The van der Waals surface area contributed by atoms with Crippen molar-refractivity contribution < 1.29 is 4.92 Å². The summed E-state index contributed by atoms with van der Waals surface area (Å²) in [4.78, 5) is 11.9. The van der Waals surface area contributed by atoms with Crippen molar-refractivity contribution in [3.05, 3.63) is 10.1 Å². The molecule has 0 heterocycles. The number of rotatable bonds is 6. The van der Waals surface area contributed by atoms with Gasteiger partial charge < -0.3 is 0 Å². The van der Waals surface area contributed by atoms with Gasteiger partial charge in [-0.3, -0.25) is 10.1 Å². The minimum atomic E-state index is -0.268. The topological polar surface area (TPSA) is 43.1 Å². The lowest BCUT2D eigenvalue weighted by atomic mass is 9.44. The second-order valence-corrected chi connectivity index (χ2v) is 12.8. The third-order valence-corrected chi connectivity index (χ3v) is 11.1. The van der Waals surface area contributed by atoms with Gasteiger partial charge in [0.2, 0.25) is 6.04 Å².